The molecule has 0 radical (unpaired) electrons. The fourth-order valence-electron chi connectivity index (χ4n) is 5.39. The maximum Gasteiger partial charge on any atom is 0.278 e. The predicted octanol–water partition coefficient (Wildman–Crippen LogP) is 6.32. The SMILES string of the molecule is Cc1nc(N[C@H](C)c2cccc(C(F)(F)C(C)C)c2F)c2cc(N3CCOCC3)c3c(c2n1)CCC3. The number of morpholine rings is 1. The van der Waals surface area contributed by atoms with Gasteiger partial charge in [-0.15, -0.1) is 0 Å². The second-order valence-corrected chi connectivity index (χ2v) is 10.2. The first-order valence-electron chi connectivity index (χ1n) is 12.8. The number of aromatic nitrogens is 2. The smallest absolute Gasteiger partial charge is 0.278 e. The van der Waals surface area contributed by atoms with Gasteiger partial charge in [0.2, 0.25) is 0 Å². The number of aryl methyl sites for hydroxylation is 2. The zero-order chi connectivity index (χ0) is 25.6. The number of nitrogens with one attached hydrogen (secondary N) is 1. The van der Waals surface area contributed by atoms with Crippen LogP contribution in [0.1, 0.15) is 61.3 Å². The number of alkyl halides is 2. The minimum Gasteiger partial charge on any atom is -0.378 e. The predicted molar refractivity (Wildman–Crippen MR) is 137 cm³/mol. The van der Waals surface area contributed by atoms with Crippen LogP contribution in [-0.4, -0.2) is 36.3 Å². The summed E-state index contributed by atoms with van der Waals surface area (Å²) in [5, 5.41) is 4.21. The average Bonchev–Trinajstić information content (AvgIpc) is 3.34. The van der Waals surface area contributed by atoms with E-state index in [1.54, 1.807) is 13.0 Å². The second-order valence-electron chi connectivity index (χ2n) is 10.2. The first-order valence-corrected chi connectivity index (χ1v) is 12.8. The van der Waals surface area contributed by atoms with Crippen LogP contribution in [0.2, 0.25) is 0 Å². The van der Waals surface area contributed by atoms with Crippen molar-refractivity contribution in [3.63, 3.8) is 0 Å². The molecule has 1 aromatic heterocycles. The van der Waals surface area contributed by atoms with Gasteiger partial charge in [0.1, 0.15) is 17.5 Å². The third-order valence-electron chi connectivity index (χ3n) is 7.44. The van der Waals surface area contributed by atoms with Gasteiger partial charge in [0, 0.05) is 35.6 Å². The molecule has 1 fully saturated rings. The number of benzene rings is 2. The molecular formula is C28H33F3N4O. The van der Waals surface area contributed by atoms with Gasteiger partial charge in [0.25, 0.3) is 5.92 Å². The molecule has 0 spiro atoms. The molecule has 2 heterocycles. The van der Waals surface area contributed by atoms with Crippen LogP contribution < -0.4 is 10.2 Å². The van der Waals surface area contributed by atoms with Gasteiger partial charge in [-0.25, -0.2) is 23.1 Å². The van der Waals surface area contributed by atoms with Crippen molar-refractivity contribution < 1.29 is 17.9 Å². The number of fused-ring (bicyclic) bond motifs is 3. The number of hydrogen-bond acceptors (Lipinski definition) is 5. The fraction of sp³-hybridized carbons (Fsp3) is 0.500. The molecule has 192 valence electrons. The van der Waals surface area contributed by atoms with Crippen LogP contribution >= 0.6 is 0 Å². The van der Waals surface area contributed by atoms with Crippen LogP contribution in [0.5, 0.6) is 0 Å². The Morgan fingerprint density at radius 3 is 2.50 bits per heavy atom. The van der Waals surface area contributed by atoms with Crippen LogP contribution in [0.3, 0.4) is 0 Å². The first-order chi connectivity index (χ1) is 17.2. The van der Waals surface area contributed by atoms with Gasteiger partial charge in [-0.3, -0.25) is 0 Å². The minimum atomic E-state index is -3.26. The Kier molecular flexibility index (Phi) is 6.57. The van der Waals surface area contributed by atoms with Gasteiger partial charge in [-0.05, 0) is 50.3 Å². The van der Waals surface area contributed by atoms with Crippen molar-refractivity contribution in [2.24, 2.45) is 5.92 Å². The van der Waals surface area contributed by atoms with Crippen molar-refractivity contribution in [2.75, 3.05) is 36.5 Å². The molecule has 1 aliphatic heterocycles. The maximum atomic E-state index is 15.4. The summed E-state index contributed by atoms with van der Waals surface area (Å²) in [6.45, 7) is 9.44. The highest BCUT2D eigenvalue weighted by Crippen LogP contribution is 2.41. The van der Waals surface area contributed by atoms with Crippen LogP contribution in [-0.2, 0) is 23.5 Å². The Morgan fingerprint density at radius 2 is 1.78 bits per heavy atom. The lowest BCUT2D eigenvalue weighted by Crippen LogP contribution is -2.36. The van der Waals surface area contributed by atoms with Crippen molar-refractivity contribution >= 4 is 22.4 Å². The molecular weight excluding hydrogens is 465 g/mol. The van der Waals surface area contributed by atoms with Gasteiger partial charge in [-0.1, -0.05) is 32.0 Å². The van der Waals surface area contributed by atoms with E-state index in [4.69, 9.17) is 9.72 Å². The summed E-state index contributed by atoms with van der Waals surface area (Å²) in [6, 6.07) is 5.78. The molecule has 0 saturated carbocycles. The molecule has 1 atom stereocenters. The summed E-state index contributed by atoms with van der Waals surface area (Å²) < 4.78 is 50.4. The van der Waals surface area contributed by atoms with Crippen molar-refractivity contribution in [3.8, 4) is 0 Å². The monoisotopic (exact) mass is 498 g/mol. The molecule has 0 unspecified atom stereocenters. The highest BCUT2D eigenvalue weighted by Gasteiger charge is 2.39. The summed E-state index contributed by atoms with van der Waals surface area (Å²) in [7, 11) is 0. The second kappa shape index (κ2) is 9.54. The van der Waals surface area contributed by atoms with E-state index in [0.29, 0.717) is 24.9 Å². The van der Waals surface area contributed by atoms with Crippen molar-refractivity contribution in [2.45, 2.75) is 58.9 Å². The van der Waals surface area contributed by atoms with Gasteiger partial charge in [0.05, 0.1) is 30.3 Å². The Bertz CT molecular complexity index is 1290. The molecule has 3 aromatic rings. The molecule has 5 nitrogen and oxygen atoms in total. The van der Waals surface area contributed by atoms with Crippen LogP contribution in [0, 0.1) is 18.7 Å². The number of nitrogens with zero attached hydrogens (tertiary/aromatic N) is 3. The lowest BCUT2D eigenvalue weighted by Gasteiger charge is -2.31. The Labute approximate surface area is 210 Å². The van der Waals surface area contributed by atoms with E-state index in [1.807, 2.05) is 6.92 Å². The summed E-state index contributed by atoms with van der Waals surface area (Å²) in [6.07, 6.45) is 3.05. The molecule has 2 aromatic carbocycles. The number of anilines is 2. The summed E-state index contributed by atoms with van der Waals surface area (Å²) in [5.41, 5.74) is 4.32. The van der Waals surface area contributed by atoms with Crippen LogP contribution in [0.25, 0.3) is 10.9 Å². The van der Waals surface area contributed by atoms with E-state index in [2.05, 4.69) is 21.3 Å². The molecule has 36 heavy (non-hydrogen) atoms. The van der Waals surface area contributed by atoms with E-state index in [1.165, 1.54) is 42.8 Å². The average molecular weight is 499 g/mol. The molecule has 1 saturated heterocycles. The third kappa shape index (κ3) is 4.29. The zero-order valence-corrected chi connectivity index (χ0v) is 21.3. The summed E-state index contributed by atoms with van der Waals surface area (Å²) in [4.78, 5) is 11.8. The number of ether oxygens (including phenoxy) is 1. The van der Waals surface area contributed by atoms with E-state index in [9.17, 15) is 8.78 Å². The van der Waals surface area contributed by atoms with Gasteiger partial charge in [-0.2, -0.15) is 0 Å². The highest BCUT2D eigenvalue weighted by molar-refractivity contribution is 5.96. The van der Waals surface area contributed by atoms with Crippen LogP contribution in [0.15, 0.2) is 24.3 Å². The zero-order valence-electron chi connectivity index (χ0n) is 21.3. The molecule has 0 bridgehead atoms. The molecule has 8 heteroatoms. The van der Waals surface area contributed by atoms with Crippen molar-refractivity contribution in [1.29, 1.82) is 0 Å². The molecule has 0 amide bonds. The molecule has 5 rings (SSSR count). The maximum absolute atomic E-state index is 15.4. The van der Waals surface area contributed by atoms with Crippen molar-refractivity contribution in [3.05, 3.63) is 58.2 Å². The largest absolute Gasteiger partial charge is 0.378 e. The highest BCUT2D eigenvalue weighted by atomic mass is 19.3. The molecule has 2 aliphatic rings. The first kappa shape index (κ1) is 24.8. The van der Waals surface area contributed by atoms with Gasteiger partial charge >= 0.3 is 0 Å². The van der Waals surface area contributed by atoms with E-state index in [0.717, 1.165) is 43.3 Å². The quantitative estimate of drug-likeness (QED) is 0.431. The fourth-order valence-corrected chi connectivity index (χ4v) is 5.39. The molecule has 1 aliphatic carbocycles. The van der Waals surface area contributed by atoms with Gasteiger partial charge < -0.3 is 15.0 Å². The topological polar surface area (TPSA) is 50.3 Å². The Hall–Kier alpha value is -2.87. The number of rotatable bonds is 6. The van der Waals surface area contributed by atoms with Crippen molar-refractivity contribution in [1.82, 2.24) is 9.97 Å². The summed E-state index contributed by atoms with van der Waals surface area (Å²) in [5.74, 6) is -3.94. The standard InChI is InChI=1S/C28H33F3N4O/c1-16(2)28(30,31)23-10-6-7-19(25(23)29)17(3)32-27-22-15-24(35-11-13-36-14-12-35)20-8-5-9-21(20)26(22)33-18(4)34-27/h6-7,10,15-17H,5,8-9,11-14H2,1-4H3,(H,32,33,34)/t17-/m1/s1. The minimum absolute atomic E-state index is 0.187. The van der Waals surface area contributed by atoms with E-state index in [-0.39, 0.29) is 5.56 Å². The van der Waals surface area contributed by atoms with Gasteiger partial charge in [0.15, 0.2) is 0 Å². The number of halogens is 3. The molecule has 1 N–H and O–H groups in total. The normalized spacial score (nSPS) is 17.1. The Balaban J connectivity index is 1.57. The Morgan fingerprint density at radius 1 is 1.06 bits per heavy atom. The lowest BCUT2D eigenvalue weighted by atomic mass is 9.94. The summed E-state index contributed by atoms with van der Waals surface area (Å²) >= 11 is 0. The van der Waals surface area contributed by atoms with Crippen LogP contribution in [0.4, 0.5) is 24.7 Å². The number of hydrogen-bond donors (Lipinski definition) is 1. The van der Waals surface area contributed by atoms with E-state index < -0.39 is 29.3 Å². The van der Waals surface area contributed by atoms with E-state index >= 15 is 4.39 Å². The third-order valence-corrected chi connectivity index (χ3v) is 7.44. The lowest BCUT2D eigenvalue weighted by molar-refractivity contribution is -0.0545.